The fraction of sp³-hybridized carbons (Fsp3) is 0.333. The molecule has 1 unspecified atom stereocenters. The Morgan fingerprint density at radius 3 is 2.42 bits per heavy atom. The minimum Gasteiger partial charge on any atom is -0.374 e. The number of hydrogen-bond acceptors (Lipinski definition) is 2. The lowest BCUT2D eigenvalue weighted by Crippen LogP contribution is -2.14. The Morgan fingerprint density at radius 2 is 2.00 bits per heavy atom. The number of rotatable bonds is 3. The third kappa shape index (κ3) is 2.21. The average molecular weight is 186 g/mol. The van der Waals surface area contributed by atoms with Gasteiger partial charge in [-0.2, -0.15) is 0 Å². The van der Waals surface area contributed by atoms with Crippen LogP contribution in [0.5, 0.6) is 0 Å². The highest BCUT2D eigenvalue weighted by molar-refractivity contribution is 6.17. The second-order valence-corrected chi connectivity index (χ2v) is 2.83. The van der Waals surface area contributed by atoms with Gasteiger partial charge in [-0.3, -0.25) is 5.32 Å². The van der Waals surface area contributed by atoms with Crippen molar-refractivity contribution in [3.8, 4) is 0 Å². The fourth-order valence-corrected chi connectivity index (χ4v) is 1.13. The summed E-state index contributed by atoms with van der Waals surface area (Å²) >= 11 is 5.61. The van der Waals surface area contributed by atoms with E-state index in [1.165, 1.54) is 0 Å². The largest absolute Gasteiger partial charge is 0.374 e. The molecule has 2 N–H and O–H groups in total. The molecule has 0 amide bonds. The van der Waals surface area contributed by atoms with Gasteiger partial charge >= 0.3 is 0 Å². The number of alkyl halides is 1. The van der Waals surface area contributed by atoms with Crippen molar-refractivity contribution < 1.29 is 5.11 Å². The first-order chi connectivity index (χ1) is 5.77. The standard InChI is InChI=1S/C9H12ClNO/c1-11-9(12)8-4-2-7(6-10)3-5-8/h2-5,9,11-12H,6H2,1H3. The van der Waals surface area contributed by atoms with E-state index >= 15 is 0 Å². The number of halogens is 1. The predicted octanol–water partition coefficient (Wildman–Crippen LogP) is 1.64. The maximum Gasteiger partial charge on any atom is 0.130 e. The summed E-state index contributed by atoms with van der Waals surface area (Å²) in [6.07, 6.45) is -0.589. The molecule has 3 heteroatoms. The third-order valence-corrected chi connectivity index (χ3v) is 2.03. The SMILES string of the molecule is CNC(O)c1ccc(CCl)cc1. The maximum atomic E-state index is 9.35. The number of hydrogen-bond donors (Lipinski definition) is 2. The first-order valence-electron chi connectivity index (χ1n) is 3.78. The molecule has 0 aliphatic rings. The van der Waals surface area contributed by atoms with Crippen LogP contribution in [0.25, 0.3) is 0 Å². The Morgan fingerprint density at radius 1 is 1.42 bits per heavy atom. The van der Waals surface area contributed by atoms with E-state index in [0.29, 0.717) is 5.88 Å². The molecule has 0 aromatic heterocycles. The van der Waals surface area contributed by atoms with Crippen molar-refractivity contribution in [2.45, 2.75) is 12.1 Å². The van der Waals surface area contributed by atoms with Crippen molar-refractivity contribution in [3.05, 3.63) is 35.4 Å². The molecule has 1 atom stereocenters. The Balaban J connectivity index is 2.77. The molecular formula is C9H12ClNO. The molecule has 0 aliphatic heterocycles. The minimum absolute atomic E-state index is 0.510. The summed E-state index contributed by atoms with van der Waals surface area (Å²) < 4.78 is 0. The lowest BCUT2D eigenvalue weighted by molar-refractivity contribution is 0.149. The lowest BCUT2D eigenvalue weighted by atomic mass is 10.1. The van der Waals surface area contributed by atoms with Gasteiger partial charge in [0.25, 0.3) is 0 Å². The first kappa shape index (κ1) is 9.52. The van der Waals surface area contributed by atoms with E-state index in [1.807, 2.05) is 24.3 Å². The highest BCUT2D eigenvalue weighted by Gasteiger charge is 2.02. The van der Waals surface area contributed by atoms with Crippen molar-refractivity contribution in [3.63, 3.8) is 0 Å². The molecule has 0 aliphatic carbocycles. The number of aliphatic hydroxyl groups excluding tert-OH is 1. The summed E-state index contributed by atoms with van der Waals surface area (Å²) in [5, 5.41) is 12.1. The molecule has 0 saturated carbocycles. The summed E-state index contributed by atoms with van der Waals surface area (Å²) in [6, 6.07) is 7.53. The molecule has 0 fully saturated rings. The zero-order chi connectivity index (χ0) is 8.97. The van der Waals surface area contributed by atoms with Crippen LogP contribution in [0.3, 0.4) is 0 Å². The van der Waals surface area contributed by atoms with Crippen LogP contribution in [0, 0.1) is 0 Å². The van der Waals surface area contributed by atoms with Crippen molar-refractivity contribution in [2.75, 3.05) is 7.05 Å². The van der Waals surface area contributed by atoms with Crippen LogP contribution in [-0.4, -0.2) is 12.2 Å². The second-order valence-electron chi connectivity index (χ2n) is 2.57. The third-order valence-electron chi connectivity index (χ3n) is 1.72. The molecule has 12 heavy (non-hydrogen) atoms. The van der Waals surface area contributed by atoms with E-state index < -0.39 is 6.23 Å². The van der Waals surface area contributed by atoms with Crippen LogP contribution in [0.4, 0.5) is 0 Å². The highest BCUT2D eigenvalue weighted by atomic mass is 35.5. The Bertz CT molecular complexity index is 235. The highest BCUT2D eigenvalue weighted by Crippen LogP contribution is 2.11. The van der Waals surface area contributed by atoms with Crippen molar-refractivity contribution in [1.82, 2.24) is 5.32 Å². The van der Waals surface area contributed by atoms with Crippen LogP contribution in [0.2, 0.25) is 0 Å². The van der Waals surface area contributed by atoms with Gasteiger partial charge in [0.1, 0.15) is 6.23 Å². The van der Waals surface area contributed by atoms with E-state index in [2.05, 4.69) is 5.32 Å². The van der Waals surface area contributed by atoms with Crippen LogP contribution < -0.4 is 5.32 Å². The molecule has 66 valence electrons. The normalized spacial score (nSPS) is 12.9. The molecule has 0 spiro atoms. The van der Waals surface area contributed by atoms with Gasteiger partial charge in [-0.25, -0.2) is 0 Å². The molecule has 1 rings (SSSR count). The Kier molecular flexibility index (Phi) is 3.53. The average Bonchev–Trinajstić information content (AvgIpc) is 2.17. The summed E-state index contributed by atoms with van der Waals surface area (Å²) in [4.78, 5) is 0. The van der Waals surface area contributed by atoms with E-state index in [1.54, 1.807) is 7.05 Å². The van der Waals surface area contributed by atoms with Crippen LogP contribution in [0.15, 0.2) is 24.3 Å². The monoisotopic (exact) mass is 185 g/mol. The second kappa shape index (κ2) is 4.45. The molecule has 1 aromatic carbocycles. The topological polar surface area (TPSA) is 32.3 Å². The molecule has 0 heterocycles. The van der Waals surface area contributed by atoms with Gasteiger partial charge in [-0.15, -0.1) is 11.6 Å². The van der Waals surface area contributed by atoms with E-state index in [9.17, 15) is 5.11 Å². The zero-order valence-electron chi connectivity index (χ0n) is 6.92. The van der Waals surface area contributed by atoms with E-state index in [4.69, 9.17) is 11.6 Å². The van der Waals surface area contributed by atoms with Crippen LogP contribution in [-0.2, 0) is 5.88 Å². The zero-order valence-corrected chi connectivity index (χ0v) is 7.67. The number of nitrogens with one attached hydrogen (secondary N) is 1. The summed E-state index contributed by atoms with van der Waals surface area (Å²) in [7, 11) is 1.71. The van der Waals surface area contributed by atoms with Gasteiger partial charge in [-0.1, -0.05) is 24.3 Å². The molecule has 1 aromatic rings. The molecule has 0 saturated heterocycles. The molecular weight excluding hydrogens is 174 g/mol. The van der Waals surface area contributed by atoms with Gasteiger partial charge in [0.15, 0.2) is 0 Å². The maximum absolute atomic E-state index is 9.35. The number of benzene rings is 1. The quantitative estimate of drug-likeness (QED) is 0.554. The van der Waals surface area contributed by atoms with Gasteiger partial charge in [-0.05, 0) is 18.2 Å². The van der Waals surface area contributed by atoms with Crippen LogP contribution in [0.1, 0.15) is 17.4 Å². The van der Waals surface area contributed by atoms with Gasteiger partial charge in [0.2, 0.25) is 0 Å². The van der Waals surface area contributed by atoms with Crippen molar-refractivity contribution >= 4 is 11.6 Å². The predicted molar refractivity (Wildman–Crippen MR) is 50.0 cm³/mol. The van der Waals surface area contributed by atoms with Gasteiger partial charge in [0, 0.05) is 5.88 Å². The van der Waals surface area contributed by atoms with Crippen molar-refractivity contribution in [1.29, 1.82) is 0 Å². The smallest absolute Gasteiger partial charge is 0.130 e. The summed E-state index contributed by atoms with van der Waals surface area (Å²) in [5.74, 6) is 0.510. The fourth-order valence-electron chi connectivity index (χ4n) is 0.956. The lowest BCUT2D eigenvalue weighted by Gasteiger charge is -2.09. The van der Waals surface area contributed by atoms with Crippen LogP contribution >= 0.6 is 11.6 Å². The molecule has 0 bridgehead atoms. The summed E-state index contributed by atoms with van der Waals surface area (Å²) in [5.41, 5.74) is 1.91. The first-order valence-corrected chi connectivity index (χ1v) is 4.31. The molecule has 0 radical (unpaired) electrons. The number of aliphatic hydroxyl groups is 1. The van der Waals surface area contributed by atoms with Crippen molar-refractivity contribution in [2.24, 2.45) is 0 Å². The van der Waals surface area contributed by atoms with Gasteiger partial charge in [0.05, 0.1) is 0 Å². The van der Waals surface area contributed by atoms with E-state index in [0.717, 1.165) is 11.1 Å². The Hall–Kier alpha value is -0.570. The van der Waals surface area contributed by atoms with E-state index in [-0.39, 0.29) is 0 Å². The summed E-state index contributed by atoms with van der Waals surface area (Å²) in [6.45, 7) is 0. The van der Waals surface area contributed by atoms with Gasteiger partial charge < -0.3 is 5.11 Å². The Labute approximate surface area is 77.2 Å². The minimum atomic E-state index is -0.589. The molecule has 2 nitrogen and oxygen atoms in total.